The van der Waals surface area contributed by atoms with Gasteiger partial charge < -0.3 is 25.2 Å². The van der Waals surface area contributed by atoms with Gasteiger partial charge in [0.15, 0.2) is 0 Å². The quantitative estimate of drug-likeness (QED) is 0.236. The number of aromatic nitrogens is 1. The highest BCUT2D eigenvalue weighted by Gasteiger charge is 2.17. The molecule has 0 atom stereocenters. The number of hydrogen-bond acceptors (Lipinski definition) is 5. The smallest absolute Gasteiger partial charge is 0.255 e. The van der Waals surface area contributed by atoms with Gasteiger partial charge in [-0.3, -0.25) is 4.79 Å². The van der Waals surface area contributed by atoms with Gasteiger partial charge >= 0.3 is 0 Å². The Morgan fingerprint density at radius 1 is 0.850 bits per heavy atom. The average Bonchev–Trinajstić information content (AvgIpc) is 3.43. The van der Waals surface area contributed by atoms with Crippen LogP contribution < -0.4 is 15.5 Å². The summed E-state index contributed by atoms with van der Waals surface area (Å²) in [4.78, 5) is 15.1. The van der Waals surface area contributed by atoms with Gasteiger partial charge in [0.2, 0.25) is 0 Å². The van der Waals surface area contributed by atoms with Crippen LogP contribution in [0.3, 0.4) is 0 Å². The van der Waals surface area contributed by atoms with E-state index in [-0.39, 0.29) is 12.0 Å². The number of piperidine rings is 1. The highest BCUT2D eigenvalue weighted by Crippen LogP contribution is 2.27. The normalized spacial score (nSPS) is 13.7. The van der Waals surface area contributed by atoms with Crippen molar-refractivity contribution in [3.05, 3.63) is 114 Å². The Labute approximate surface area is 232 Å². The molecule has 1 saturated heterocycles. The van der Waals surface area contributed by atoms with Gasteiger partial charge in [-0.15, -0.1) is 0 Å². The van der Waals surface area contributed by atoms with Crippen molar-refractivity contribution in [2.75, 3.05) is 28.6 Å². The Balaban J connectivity index is 1.12. The van der Waals surface area contributed by atoms with Crippen LogP contribution in [0.2, 0.25) is 0 Å². The number of carbonyl (C=O) groups is 1. The number of fused-ring (bicyclic) bond motifs is 1. The molecule has 1 aliphatic rings. The first-order valence-corrected chi connectivity index (χ1v) is 13.4. The van der Waals surface area contributed by atoms with E-state index in [1.807, 2.05) is 48.5 Å². The lowest BCUT2D eigenvalue weighted by atomic mass is 10.1. The standard InChI is InChI=1S/C33H29N5O2/c34-22-25-21-27(36-33(40)24-5-10-28(11-6-24)37-18-16-30(39)17-19-37)9-14-31(25)35-26-7-12-29(13-8-26)38-20-15-23-3-1-2-4-32(23)38/h1-15,20-21,30,35,39H,16-19H2,(H,36,40). The average molecular weight is 528 g/mol. The zero-order valence-corrected chi connectivity index (χ0v) is 21.9. The van der Waals surface area contributed by atoms with Gasteiger partial charge in [0.25, 0.3) is 5.91 Å². The largest absolute Gasteiger partial charge is 0.393 e. The van der Waals surface area contributed by atoms with Crippen molar-refractivity contribution in [1.29, 1.82) is 5.26 Å². The van der Waals surface area contributed by atoms with Crippen molar-refractivity contribution >= 4 is 39.6 Å². The number of aliphatic hydroxyl groups excluding tert-OH is 1. The van der Waals surface area contributed by atoms with Gasteiger partial charge in [-0.25, -0.2) is 0 Å². The Kier molecular flexibility index (Phi) is 6.92. The van der Waals surface area contributed by atoms with Gasteiger partial charge in [-0.1, -0.05) is 18.2 Å². The predicted octanol–water partition coefficient (Wildman–Crippen LogP) is 6.46. The molecule has 1 aliphatic heterocycles. The molecule has 7 nitrogen and oxygen atoms in total. The molecule has 0 unspecified atom stereocenters. The monoisotopic (exact) mass is 527 g/mol. The molecule has 0 bridgehead atoms. The fraction of sp³-hybridized carbons (Fsp3) is 0.152. The second-order valence-corrected chi connectivity index (χ2v) is 10.0. The Morgan fingerprint density at radius 3 is 2.30 bits per heavy atom. The van der Waals surface area contributed by atoms with E-state index in [1.165, 1.54) is 5.39 Å². The number of nitrogens with zero attached hydrogens (tertiary/aromatic N) is 3. The summed E-state index contributed by atoms with van der Waals surface area (Å²) in [5.74, 6) is -0.238. The number of benzene rings is 4. The summed E-state index contributed by atoms with van der Waals surface area (Å²) in [6.07, 6.45) is 3.34. The minimum atomic E-state index is -0.238. The van der Waals surface area contributed by atoms with E-state index in [4.69, 9.17) is 0 Å². The van der Waals surface area contributed by atoms with Crippen LogP contribution in [0.25, 0.3) is 16.6 Å². The van der Waals surface area contributed by atoms with Crippen LogP contribution in [0.4, 0.5) is 22.7 Å². The van der Waals surface area contributed by atoms with Gasteiger partial charge in [-0.05, 0) is 97.1 Å². The number of rotatable bonds is 6. The van der Waals surface area contributed by atoms with Crippen molar-refractivity contribution < 1.29 is 9.90 Å². The molecule has 3 N–H and O–H groups in total. The van der Waals surface area contributed by atoms with E-state index in [9.17, 15) is 15.2 Å². The van der Waals surface area contributed by atoms with E-state index in [0.29, 0.717) is 22.5 Å². The minimum absolute atomic E-state index is 0.224. The summed E-state index contributed by atoms with van der Waals surface area (Å²) in [5, 5.41) is 26.9. The van der Waals surface area contributed by atoms with E-state index >= 15 is 0 Å². The number of nitrogens with one attached hydrogen (secondary N) is 2. The summed E-state index contributed by atoms with van der Waals surface area (Å²) in [6.45, 7) is 1.61. The van der Waals surface area contributed by atoms with E-state index in [2.05, 4.69) is 50.6 Å². The first-order valence-electron chi connectivity index (χ1n) is 13.4. The van der Waals surface area contributed by atoms with Crippen LogP contribution in [0, 0.1) is 11.3 Å². The number of hydrogen-bond donors (Lipinski definition) is 3. The minimum Gasteiger partial charge on any atom is -0.393 e. The number of anilines is 4. The third kappa shape index (κ3) is 5.26. The molecule has 1 amide bonds. The molecule has 0 radical (unpaired) electrons. The summed E-state index contributed by atoms with van der Waals surface area (Å²) in [7, 11) is 0. The Hall–Kier alpha value is -5.06. The van der Waals surface area contributed by atoms with Crippen LogP contribution in [0.15, 0.2) is 103 Å². The van der Waals surface area contributed by atoms with E-state index < -0.39 is 0 Å². The number of para-hydroxylation sites is 1. The van der Waals surface area contributed by atoms with Crippen LogP contribution in [0.5, 0.6) is 0 Å². The van der Waals surface area contributed by atoms with Crippen molar-refractivity contribution in [2.24, 2.45) is 0 Å². The number of aliphatic hydroxyl groups is 1. The molecular weight excluding hydrogens is 498 g/mol. The van der Waals surface area contributed by atoms with Crippen molar-refractivity contribution in [2.45, 2.75) is 18.9 Å². The molecule has 0 spiro atoms. The lowest BCUT2D eigenvalue weighted by Gasteiger charge is -2.31. The SMILES string of the molecule is N#Cc1cc(NC(=O)c2ccc(N3CCC(O)CC3)cc2)ccc1Nc1ccc(-n2ccc3ccccc32)cc1. The van der Waals surface area contributed by atoms with Gasteiger partial charge in [0.1, 0.15) is 6.07 Å². The number of amides is 1. The first kappa shape index (κ1) is 25.2. The lowest BCUT2D eigenvalue weighted by Crippen LogP contribution is -2.35. The zero-order chi connectivity index (χ0) is 27.5. The van der Waals surface area contributed by atoms with E-state index in [1.54, 1.807) is 30.3 Å². The van der Waals surface area contributed by atoms with Crippen LogP contribution in [0.1, 0.15) is 28.8 Å². The fourth-order valence-corrected chi connectivity index (χ4v) is 5.14. The van der Waals surface area contributed by atoms with Crippen molar-refractivity contribution in [1.82, 2.24) is 4.57 Å². The molecule has 5 aromatic rings. The Morgan fingerprint density at radius 2 is 1.55 bits per heavy atom. The second kappa shape index (κ2) is 11.0. The lowest BCUT2D eigenvalue weighted by molar-refractivity contribution is 0.102. The maximum Gasteiger partial charge on any atom is 0.255 e. The zero-order valence-electron chi connectivity index (χ0n) is 21.9. The molecule has 198 valence electrons. The third-order valence-electron chi connectivity index (χ3n) is 7.38. The third-order valence-corrected chi connectivity index (χ3v) is 7.38. The summed E-state index contributed by atoms with van der Waals surface area (Å²) >= 11 is 0. The topological polar surface area (TPSA) is 93.3 Å². The Bertz CT molecular complexity index is 1690. The van der Waals surface area contributed by atoms with Crippen molar-refractivity contribution in [3.63, 3.8) is 0 Å². The number of nitriles is 1. The van der Waals surface area contributed by atoms with Gasteiger partial charge in [-0.2, -0.15) is 5.26 Å². The van der Waals surface area contributed by atoms with Crippen molar-refractivity contribution in [3.8, 4) is 11.8 Å². The summed E-state index contributed by atoms with van der Waals surface area (Å²) in [5.41, 5.74) is 6.28. The molecule has 40 heavy (non-hydrogen) atoms. The molecule has 1 aromatic heterocycles. The highest BCUT2D eigenvalue weighted by atomic mass is 16.3. The van der Waals surface area contributed by atoms with Crippen LogP contribution in [-0.4, -0.2) is 34.8 Å². The van der Waals surface area contributed by atoms with E-state index in [0.717, 1.165) is 48.5 Å². The molecule has 4 aromatic carbocycles. The maximum atomic E-state index is 12.9. The molecule has 6 rings (SSSR count). The maximum absolute atomic E-state index is 12.9. The molecule has 0 aliphatic carbocycles. The number of carbonyl (C=O) groups excluding carboxylic acids is 1. The highest BCUT2D eigenvalue weighted by molar-refractivity contribution is 6.04. The molecule has 0 saturated carbocycles. The van der Waals surface area contributed by atoms with Gasteiger partial charge in [0.05, 0.1) is 22.9 Å². The summed E-state index contributed by atoms with van der Waals surface area (Å²) < 4.78 is 2.14. The van der Waals surface area contributed by atoms with Gasteiger partial charge in [0, 0.05) is 47.6 Å². The fourth-order valence-electron chi connectivity index (χ4n) is 5.14. The molecule has 7 heteroatoms. The molecule has 1 fully saturated rings. The molecule has 2 heterocycles. The van der Waals surface area contributed by atoms with Crippen LogP contribution in [-0.2, 0) is 0 Å². The first-order chi connectivity index (χ1) is 19.6. The van der Waals surface area contributed by atoms with Crippen LogP contribution >= 0.6 is 0 Å². The predicted molar refractivity (Wildman–Crippen MR) is 160 cm³/mol. The molecular formula is C33H29N5O2. The second-order valence-electron chi connectivity index (χ2n) is 10.0. The summed E-state index contributed by atoms with van der Waals surface area (Å²) in [6, 6.07) is 33.4.